The van der Waals surface area contributed by atoms with Crippen LogP contribution in [0.3, 0.4) is 0 Å². The molecule has 0 aliphatic heterocycles. The highest BCUT2D eigenvalue weighted by Gasteiger charge is 2.17. The molecule has 0 spiro atoms. The zero-order chi connectivity index (χ0) is 19.8. The van der Waals surface area contributed by atoms with Crippen molar-refractivity contribution in [1.29, 1.82) is 0 Å². The van der Waals surface area contributed by atoms with Crippen molar-refractivity contribution in [2.24, 2.45) is 0 Å². The van der Waals surface area contributed by atoms with Gasteiger partial charge in [-0.25, -0.2) is 4.98 Å². The number of nitrogens with one attached hydrogen (secondary N) is 1. The fraction of sp³-hybridized carbons (Fsp3) is 0. The number of benzene rings is 3. The van der Waals surface area contributed by atoms with Crippen molar-refractivity contribution in [2.45, 2.75) is 0 Å². The number of hydrogen-bond acceptors (Lipinski definition) is 4. The maximum Gasteiger partial charge on any atom is 0.269 e. The Morgan fingerprint density at radius 2 is 1.59 bits per heavy atom. The Labute approximate surface area is 165 Å². The fourth-order valence-electron chi connectivity index (χ4n) is 3.38. The topological polar surface area (TPSA) is 89.6 Å². The molecule has 0 atom stereocenters. The minimum Gasteiger partial charge on any atom is -0.276 e. The summed E-state index contributed by atoms with van der Waals surface area (Å²) in [4.78, 5) is 15.3. The SMILES string of the molecule is O=[N+]([O-])c1ccc(-c2nc3ccccc3n2-c2cc(-c3ccccc3)[nH]n2)cc1. The Balaban J connectivity index is 1.68. The molecule has 5 aromatic rings. The van der Waals surface area contributed by atoms with Crippen LogP contribution < -0.4 is 0 Å². The summed E-state index contributed by atoms with van der Waals surface area (Å²) >= 11 is 0. The number of rotatable bonds is 4. The number of fused-ring (bicyclic) bond motifs is 1. The number of H-pyrrole nitrogens is 1. The van der Waals surface area contributed by atoms with Gasteiger partial charge in [-0.1, -0.05) is 42.5 Å². The second-order valence-electron chi connectivity index (χ2n) is 6.57. The van der Waals surface area contributed by atoms with Crippen LogP contribution in [0, 0.1) is 10.1 Å². The lowest BCUT2D eigenvalue weighted by atomic mass is 10.1. The highest BCUT2D eigenvalue weighted by atomic mass is 16.6. The number of para-hydroxylation sites is 2. The lowest BCUT2D eigenvalue weighted by Crippen LogP contribution is -1.98. The summed E-state index contributed by atoms with van der Waals surface area (Å²) in [5.74, 6) is 1.37. The average Bonchev–Trinajstić information content (AvgIpc) is 3.39. The Morgan fingerprint density at radius 1 is 0.862 bits per heavy atom. The van der Waals surface area contributed by atoms with Crippen molar-refractivity contribution >= 4 is 16.7 Å². The molecule has 0 amide bonds. The predicted molar refractivity (Wildman–Crippen MR) is 111 cm³/mol. The molecule has 29 heavy (non-hydrogen) atoms. The van der Waals surface area contributed by atoms with E-state index >= 15 is 0 Å². The normalized spacial score (nSPS) is 11.0. The molecule has 0 aliphatic rings. The van der Waals surface area contributed by atoms with Crippen LogP contribution in [0.5, 0.6) is 0 Å². The van der Waals surface area contributed by atoms with Crippen LogP contribution in [-0.4, -0.2) is 24.7 Å². The van der Waals surface area contributed by atoms with E-state index < -0.39 is 4.92 Å². The summed E-state index contributed by atoms with van der Waals surface area (Å²) in [6.07, 6.45) is 0. The largest absolute Gasteiger partial charge is 0.276 e. The summed E-state index contributed by atoms with van der Waals surface area (Å²) in [7, 11) is 0. The Hall–Kier alpha value is -4.26. The quantitative estimate of drug-likeness (QED) is 0.351. The first kappa shape index (κ1) is 16.9. The van der Waals surface area contributed by atoms with Gasteiger partial charge in [-0.15, -0.1) is 0 Å². The summed E-state index contributed by atoms with van der Waals surface area (Å²) in [5.41, 5.74) is 4.48. The van der Waals surface area contributed by atoms with Gasteiger partial charge in [0, 0.05) is 23.8 Å². The molecule has 0 bridgehead atoms. The fourth-order valence-corrected chi connectivity index (χ4v) is 3.38. The molecule has 0 aliphatic carbocycles. The van der Waals surface area contributed by atoms with Crippen LogP contribution in [-0.2, 0) is 0 Å². The summed E-state index contributed by atoms with van der Waals surface area (Å²) in [5, 5.41) is 18.6. The van der Waals surface area contributed by atoms with Crippen LogP contribution in [0.15, 0.2) is 84.9 Å². The average molecular weight is 381 g/mol. The first-order valence-corrected chi connectivity index (χ1v) is 9.04. The van der Waals surface area contributed by atoms with Crippen LogP contribution in [0.25, 0.3) is 39.5 Å². The molecule has 2 heterocycles. The number of aromatic amines is 1. The summed E-state index contributed by atoms with van der Waals surface area (Å²) < 4.78 is 1.96. The van der Waals surface area contributed by atoms with E-state index in [9.17, 15) is 10.1 Å². The number of imidazole rings is 1. The third kappa shape index (κ3) is 2.94. The molecule has 0 saturated heterocycles. The lowest BCUT2D eigenvalue weighted by molar-refractivity contribution is -0.384. The number of non-ortho nitro benzene ring substituents is 1. The summed E-state index contributed by atoms with van der Waals surface area (Å²) in [6.45, 7) is 0. The van der Waals surface area contributed by atoms with Crippen LogP contribution in [0.4, 0.5) is 5.69 Å². The third-order valence-electron chi connectivity index (χ3n) is 4.78. The molecule has 140 valence electrons. The Bertz CT molecular complexity index is 1320. The molecule has 2 aromatic heterocycles. The first-order chi connectivity index (χ1) is 14.2. The van der Waals surface area contributed by atoms with E-state index in [1.165, 1.54) is 12.1 Å². The molecule has 0 unspecified atom stereocenters. The molecule has 1 N–H and O–H groups in total. The molecule has 3 aromatic carbocycles. The van der Waals surface area contributed by atoms with Gasteiger partial charge in [0.2, 0.25) is 0 Å². The smallest absolute Gasteiger partial charge is 0.269 e. The van der Waals surface area contributed by atoms with Gasteiger partial charge >= 0.3 is 0 Å². The van der Waals surface area contributed by atoms with E-state index in [0.717, 1.165) is 27.9 Å². The monoisotopic (exact) mass is 381 g/mol. The standard InChI is InChI=1S/C22H15N5O2/c28-27(29)17-12-10-16(11-13-17)22-23-18-8-4-5-9-20(18)26(22)21-14-19(24-25-21)15-6-2-1-3-7-15/h1-14H,(H,24,25). The summed E-state index contributed by atoms with van der Waals surface area (Å²) in [6, 6.07) is 26.1. The van der Waals surface area contributed by atoms with E-state index in [1.807, 2.05) is 65.2 Å². The highest BCUT2D eigenvalue weighted by molar-refractivity contribution is 5.83. The zero-order valence-electron chi connectivity index (χ0n) is 15.2. The Morgan fingerprint density at radius 3 is 2.34 bits per heavy atom. The van der Waals surface area contributed by atoms with Crippen LogP contribution >= 0.6 is 0 Å². The zero-order valence-corrected chi connectivity index (χ0v) is 15.2. The molecular formula is C22H15N5O2. The van der Waals surface area contributed by atoms with Crippen molar-refractivity contribution in [3.63, 3.8) is 0 Å². The molecule has 7 heteroatoms. The van der Waals surface area contributed by atoms with Crippen molar-refractivity contribution in [2.75, 3.05) is 0 Å². The number of nitro groups is 1. The number of aromatic nitrogens is 4. The molecule has 5 rings (SSSR count). The van der Waals surface area contributed by atoms with Gasteiger partial charge in [-0.3, -0.25) is 19.8 Å². The van der Waals surface area contributed by atoms with E-state index in [-0.39, 0.29) is 5.69 Å². The van der Waals surface area contributed by atoms with Gasteiger partial charge < -0.3 is 0 Å². The number of nitrogens with zero attached hydrogens (tertiary/aromatic N) is 4. The van der Waals surface area contributed by atoms with E-state index in [4.69, 9.17) is 4.98 Å². The minimum absolute atomic E-state index is 0.0440. The Kier molecular flexibility index (Phi) is 3.91. The molecule has 0 fully saturated rings. The van der Waals surface area contributed by atoms with Gasteiger partial charge in [0.05, 0.1) is 21.7 Å². The minimum atomic E-state index is -0.410. The second-order valence-corrected chi connectivity index (χ2v) is 6.57. The van der Waals surface area contributed by atoms with Crippen molar-refractivity contribution in [3.05, 3.63) is 95.0 Å². The van der Waals surface area contributed by atoms with Crippen molar-refractivity contribution < 1.29 is 4.92 Å². The van der Waals surface area contributed by atoms with E-state index in [1.54, 1.807) is 12.1 Å². The third-order valence-corrected chi connectivity index (χ3v) is 4.78. The first-order valence-electron chi connectivity index (χ1n) is 9.04. The van der Waals surface area contributed by atoms with Gasteiger partial charge in [0.1, 0.15) is 5.82 Å². The number of nitro benzene ring substituents is 1. The van der Waals surface area contributed by atoms with E-state index in [2.05, 4.69) is 10.2 Å². The molecule has 0 radical (unpaired) electrons. The van der Waals surface area contributed by atoms with Gasteiger partial charge in [-0.2, -0.15) is 5.10 Å². The maximum atomic E-state index is 11.0. The lowest BCUT2D eigenvalue weighted by Gasteiger charge is -2.06. The van der Waals surface area contributed by atoms with E-state index in [0.29, 0.717) is 11.6 Å². The highest BCUT2D eigenvalue weighted by Crippen LogP contribution is 2.30. The molecule has 7 nitrogen and oxygen atoms in total. The maximum absolute atomic E-state index is 11.0. The van der Waals surface area contributed by atoms with Crippen LogP contribution in [0.1, 0.15) is 0 Å². The molecule has 0 saturated carbocycles. The predicted octanol–water partition coefficient (Wildman–Crippen LogP) is 4.99. The van der Waals surface area contributed by atoms with Crippen molar-refractivity contribution in [1.82, 2.24) is 19.7 Å². The van der Waals surface area contributed by atoms with Crippen molar-refractivity contribution in [3.8, 4) is 28.5 Å². The number of hydrogen-bond donors (Lipinski definition) is 1. The van der Waals surface area contributed by atoms with Gasteiger partial charge in [-0.05, 0) is 29.8 Å². The molecular weight excluding hydrogens is 366 g/mol. The van der Waals surface area contributed by atoms with Gasteiger partial charge in [0.15, 0.2) is 5.82 Å². The van der Waals surface area contributed by atoms with Crippen LogP contribution in [0.2, 0.25) is 0 Å². The van der Waals surface area contributed by atoms with Gasteiger partial charge in [0.25, 0.3) is 5.69 Å². The second kappa shape index (κ2) is 6.72.